The van der Waals surface area contributed by atoms with Gasteiger partial charge in [-0.15, -0.1) is 0 Å². The Hall–Kier alpha value is -1.96. The first-order chi connectivity index (χ1) is 11.0. The van der Waals surface area contributed by atoms with Gasteiger partial charge in [-0.2, -0.15) is 15.0 Å². The molecule has 1 aromatic heterocycles. The van der Waals surface area contributed by atoms with Gasteiger partial charge in [0.05, 0.1) is 25.3 Å². The van der Waals surface area contributed by atoms with Crippen LogP contribution in [0.2, 0.25) is 0 Å². The van der Waals surface area contributed by atoms with Gasteiger partial charge in [0.25, 0.3) is 5.91 Å². The maximum Gasteiger partial charge on any atom is 0.252 e. The summed E-state index contributed by atoms with van der Waals surface area (Å²) in [6.45, 7) is 5.48. The van der Waals surface area contributed by atoms with Crippen molar-refractivity contribution < 1.29 is 14.3 Å². The molecule has 1 aromatic rings. The lowest BCUT2D eigenvalue weighted by Crippen LogP contribution is -2.44. The van der Waals surface area contributed by atoms with Crippen molar-refractivity contribution in [1.82, 2.24) is 25.2 Å². The predicted molar refractivity (Wildman–Crippen MR) is 83.5 cm³/mol. The minimum Gasteiger partial charge on any atom is -0.372 e. The first-order valence-electron chi connectivity index (χ1n) is 8.04. The molecular formula is C15H25N5O3. The van der Waals surface area contributed by atoms with Crippen LogP contribution in [0.25, 0.3) is 0 Å². The van der Waals surface area contributed by atoms with Crippen LogP contribution in [-0.4, -0.2) is 58.0 Å². The Morgan fingerprint density at radius 1 is 1.39 bits per heavy atom. The summed E-state index contributed by atoms with van der Waals surface area (Å²) in [6.07, 6.45) is 2.11. The van der Waals surface area contributed by atoms with Gasteiger partial charge in [-0.1, -0.05) is 0 Å². The highest BCUT2D eigenvalue weighted by molar-refractivity contribution is 5.87. The molecule has 8 heteroatoms. The third-order valence-corrected chi connectivity index (χ3v) is 4.01. The van der Waals surface area contributed by atoms with Crippen LogP contribution in [-0.2, 0) is 27.4 Å². The van der Waals surface area contributed by atoms with E-state index in [1.54, 1.807) is 9.70 Å². The second-order valence-electron chi connectivity index (χ2n) is 5.68. The van der Waals surface area contributed by atoms with E-state index in [0.717, 1.165) is 24.2 Å². The van der Waals surface area contributed by atoms with Crippen molar-refractivity contribution >= 4 is 11.8 Å². The van der Waals surface area contributed by atoms with Crippen molar-refractivity contribution in [1.29, 1.82) is 0 Å². The molecule has 1 N–H and O–H groups in total. The molecule has 2 rings (SSSR count). The number of rotatable bonds is 6. The number of nitrogens with one attached hydrogen (secondary N) is 1. The fourth-order valence-electron chi connectivity index (χ4n) is 2.63. The quantitative estimate of drug-likeness (QED) is 0.810. The number of amides is 2. The molecule has 1 unspecified atom stereocenters. The van der Waals surface area contributed by atoms with Crippen LogP contribution in [0.5, 0.6) is 0 Å². The van der Waals surface area contributed by atoms with E-state index in [1.165, 1.54) is 7.11 Å². The summed E-state index contributed by atoms with van der Waals surface area (Å²) in [5.41, 5.74) is 1.55. The average Bonchev–Trinajstić information content (AvgIpc) is 2.81. The summed E-state index contributed by atoms with van der Waals surface area (Å²) >= 11 is 0. The number of methoxy groups -OCH3 is 1. The lowest BCUT2D eigenvalue weighted by molar-refractivity contribution is -0.144. The summed E-state index contributed by atoms with van der Waals surface area (Å²) in [6, 6.07) is 0. The molecule has 0 aromatic carbocycles. The molecule has 2 amide bonds. The minimum absolute atomic E-state index is 0.0552. The number of carbonyl (C=O) groups excluding carboxylic acids is 2. The highest BCUT2D eigenvalue weighted by Gasteiger charge is 2.27. The van der Waals surface area contributed by atoms with E-state index in [9.17, 15) is 9.59 Å². The lowest BCUT2D eigenvalue weighted by atomic mass is 10.2. The van der Waals surface area contributed by atoms with E-state index in [0.29, 0.717) is 26.1 Å². The largest absolute Gasteiger partial charge is 0.372 e. The van der Waals surface area contributed by atoms with Crippen molar-refractivity contribution in [3.05, 3.63) is 11.4 Å². The molecule has 0 aliphatic carbocycles. The maximum absolute atomic E-state index is 12.3. The normalized spacial score (nSPS) is 18.8. The van der Waals surface area contributed by atoms with Gasteiger partial charge in [0.15, 0.2) is 0 Å². The second-order valence-corrected chi connectivity index (χ2v) is 5.68. The molecule has 8 nitrogen and oxygen atoms in total. The van der Waals surface area contributed by atoms with Crippen LogP contribution in [0.3, 0.4) is 0 Å². The molecule has 1 fully saturated rings. The molecule has 1 aliphatic heterocycles. The highest BCUT2D eigenvalue weighted by Crippen LogP contribution is 2.14. The minimum atomic E-state index is -0.433. The molecule has 0 bridgehead atoms. The van der Waals surface area contributed by atoms with Gasteiger partial charge >= 0.3 is 0 Å². The Bertz CT molecular complexity index is 557. The molecule has 1 saturated heterocycles. The Morgan fingerprint density at radius 2 is 2.17 bits per heavy atom. The highest BCUT2D eigenvalue weighted by atomic mass is 16.5. The Labute approximate surface area is 136 Å². The van der Waals surface area contributed by atoms with Crippen LogP contribution in [0.1, 0.15) is 37.6 Å². The molecule has 1 aliphatic rings. The summed E-state index contributed by atoms with van der Waals surface area (Å²) < 4.78 is 5.21. The molecule has 1 atom stereocenters. The van der Waals surface area contributed by atoms with Crippen molar-refractivity contribution in [2.45, 2.75) is 52.3 Å². The molecule has 0 radical (unpaired) electrons. The number of aryl methyl sites for hydroxylation is 2. The molecular weight excluding hydrogens is 298 g/mol. The number of carbonyl (C=O) groups is 2. The van der Waals surface area contributed by atoms with E-state index in [1.807, 2.05) is 13.8 Å². The van der Waals surface area contributed by atoms with E-state index >= 15 is 0 Å². The second kappa shape index (κ2) is 8.05. The standard InChI is InChI=1S/C15H25N5O3/c1-4-20-17-11(2)12(18-20)9-16-14(21)10-19-8-6-5-7-13(23-3)15(19)22/h13H,4-10H2,1-3H3,(H,16,21). The Morgan fingerprint density at radius 3 is 2.83 bits per heavy atom. The Kier molecular flexibility index (Phi) is 6.09. The topological polar surface area (TPSA) is 89.4 Å². The van der Waals surface area contributed by atoms with Crippen molar-refractivity contribution in [2.75, 3.05) is 20.2 Å². The summed E-state index contributed by atoms with van der Waals surface area (Å²) in [5, 5.41) is 11.3. The number of nitrogens with zero attached hydrogens (tertiary/aromatic N) is 4. The van der Waals surface area contributed by atoms with Crippen LogP contribution >= 0.6 is 0 Å². The number of hydrogen-bond acceptors (Lipinski definition) is 5. The van der Waals surface area contributed by atoms with Crippen molar-refractivity contribution in [3.63, 3.8) is 0 Å². The zero-order valence-corrected chi connectivity index (χ0v) is 14.0. The van der Waals surface area contributed by atoms with Crippen LogP contribution < -0.4 is 5.32 Å². The van der Waals surface area contributed by atoms with Gasteiger partial charge in [-0.25, -0.2) is 0 Å². The molecule has 2 heterocycles. The monoisotopic (exact) mass is 323 g/mol. The van der Waals surface area contributed by atoms with Crippen molar-refractivity contribution in [2.24, 2.45) is 0 Å². The molecule has 128 valence electrons. The number of ether oxygens (including phenoxy) is 1. The van der Waals surface area contributed by atoms with Crippen LogP contribution in [0, 0.1) is 6.92 Å². The number of aromatic nitrogens is 3. The Balaban J connectivity index is 1.88. The SMILES string of the molecule is CCn1nc(C)c(CNC(=O)CN2CCCCC(OC)C2=O)n1. The average molecular weight is 323 g/mol. The molecule has 23 heavy (non-hydrogen) atoms. The van der Waals surface area contributed by atoms with E-state index < -0.39 is 6.10 Å². The predicted octanol–water partition coefficient (Wildman–Crippen LogP) is 0.250. The van der Waals surface area contributed by atoms with Gasteiger partial charge in [-0.05, 0) is 33.1 Å². The third kappa shape index (κ3) is 4.51. The summed E-state index contributed by atoms with van der Waals surface area (Å²) in [5.74, 6) is -0.297. The van der Waals surface area contributed by atoms with Gasteiger partial charge < -0.3 is 15.0 Å². The van der Waals surface area contributed by atoms with Crippen LogP contribution in [0.15, 0.2) is 0 Å². The van der Waals surface area contributed by atoms with E-state index in [2.05, 4.69) is 15.5 Å². The van der Waals surface area contributed by atoms with Crippen molar-refractivity contribution in [3.8, 4) is 0 Å². The van der Waals surface area contributed by atoms with Crippen LogP contribution in [0.4, 0.5) is 0 Å². The molecule has 0 spiro atoms. The lowest BCUT2D eigenvalue weighted by Gasteiger charge is -2.22. The van der Waals surface area contributed by atoms with Gasteiger partial charge in [0, 0.05) is 13.7 Å². The first kappa shape index (κ1) is 17.4. The van der Waals surface area contributed by atoms with Gasteiger partial charge in [0.2, 0.25) is 5.91 Å². The fraction of sp³-hybridized carbons (Fsp3) is 0.733. The number of hydrogen-bond donors (Lipinski definition) is 1. The zero-order chi connectivity index (χ0) is 16.8. The zero-order valence-electron chi connectivity index (χ0n) is 14.0. The maximum atomic E-state index is 12.3. The fourth-order valence-corrected chi connectivity index (χ4v) is 2.63. The van der Waals surface area contributed by atoms with E-state index in [-0.39, 0.29) is 18.4 Å². The molecule has 0 saturated carbocycles. The summed E-state index contributed by atoms with van der Waals surface area (Å²) in [7, 11) is 1.53. The van der Waals surface area contributed by atoms with E-state index in [4.69, 9.17) is 4.74 Å². The number of likely N-dealkylation sites (tertiary alicyclic amines) is 1. The van der Waals surface area contributed by atoms with Gasteiger partial charge in [-0.3, -0.25) is 9.59 Å². The van der Waals surface area contributed by atoms with Gasteiger partial charge in [0.1, 0.15) is 11.8 Å². The first-order valence-corrected chi connectivity index (χ1v) is 8.04. The third-order valence-electron chi connectivity index (χ3n) is 4.01. The summed E-state index contributed by atoms with van der Waals surface area (Å²) in [4.78, 5) is 27.6. The smallest absolute Gasteiger partial charge is 0.252 e.